The first-order chi connectivity index (χ1) is 11.3. The number of hydrogen-bond donors (Lipinski definition) is 1. The number of nitrogens with two attached hydrogens (primary N) is 1. The van der Waals surface area contributed by atoms with Crippen molar-refractivity contribution in [3.8, 4) is 17.0 Å². The summed E-state index contributed by atoms with van der Waals surface area (Å²) in [6.07, 6.45) is 3.57. The Hall–Kier alpha value is -2.44. The van der Waals surface area contributed by atoms with E-state index in [4.69, 9.17) is 15.2 Å². The van der Waals surface area contributed by atoms with Crippen molar-refractivity contribution in [1.82, 2.24) is 14.6 Å². The Labute approximate surface area is 133 Å². The summed E-state index contributed by atoms with van der Waals surface area (Å²) in [5.41, 5.74) is 8.54. The van der Waals surface area contributed by atoms with E-state index in [1.165, 1.54) is 0 Å². The highest BCUT2D eigenvalue weighted by molar-refractivity contribution is 5.61. The zero-order valence-electron chi connectivity index (χ0n) is 12.7. The lowest BCUT2D eigenvalue weighted by Crippen LogP contribution is -2.52. The molecule has 1 saturated heterocycles. The Morgan fingerprint density at radius 1 is 1.17 bits per heavy atom. The molecule has 6 heteroatoms. The maximum atomic E-state index is 5.86. The maximum absolute atomic E-state index is 5.86. The second-order valence-corrected chi connectivity index (χ2v) is 5.96. The van der Waals surface area contributed by atoms with Crippen molar-refractivity contribution in [3.05, 3.63) is 48.8 Å². The lowest BCUT2D eigenvalue weighted by molar-refractivity contribution is -0.125. The van der Waals surface area contributed by atoms with E-state index in [2.05, 4.69) is 10.1 Å². The summed E-state index contributed by atoms with van der Waals surface area (Å²) in [7, 11) is 0. The summed E-state index contributed by atoms with van der Waals surface area (Å²) in [6, 6.07) is 11.8. The van der Waals surface area contributed by atoms with Crippen molar-refractivity contribution < 1.29 is 9.47 Å². The summed E-state index contributed by atoms with van der Waals surface area (Å²) < 4.78 is 12.9. The van der Waals surface area contributed by atoms with Crippen LogP contribution in [0.15, 0.2) is 48.8 Å². The van der Waals surface area contributed by atoms with Crippen molar-refractivity contribution in [1.29, 1.82) is 0 Å². The van der Waals surface area contributed by atoms with Gasteiger partial charge >= 0.3 is 0 Å². The molecule has 1 aliphatic heterocycles. The predicted octanol–water partition coefficient (Wildman–Crippen LogP) is 1.75. The van der Waals surface area contributed by atoms with Gasteiger partial charge in [-0.3, -0.25) is 0 Å². The highest BCUT2D eigenvalue weighted by Gasteiger charge is 2.38. The number of fused-ring (bicyclic) bond motifs is 1. The number of nitrogens with zero attached hydrogens (tertiary/aromatic N) is 3. The Morgan fingerprint density at radius 2 is 2.00 bits per heavy atom. The number of hydrogen-bond acceptors (Lipinski definition) is 5. The molecule has 6 nitrogen and oxygen atoms in total. The van der Waals surface area contributed by atoms with Crippen molar-refractivity contribution in [2.45, 2.75) is 0 Å². The van der Waals surface area contributed by atoms with Gasteiger partial charge in [0.1, 0.15) is 5.75 Å². The van der Waals surface area contributed by atoms with Gasteiger partial charge in [0.15, 0.2) is 5.65 Å². The lowest BCUT2D eigenvalue weighted by Gasteiger charge is -2.39. The first kappa shape index (κ1) is 14.2. The summed E-state index contributed by atoms with van der Waals surface area (Å²) in [5.74, 6) is 0.831. The largest absolute Gasteiger partial charge is 0.493 e. The van der Waals surface area contributed by atoms with Crippen LogP contribution in [0.25, 0.3) is 16.9 Å². The van der Waals surface area contributed by atoms with Crippen LogP contribution >= 0.6 is 0 Å². The quantitative estimate of drug-likeness (QED) is 0.777. The van der Waals surface area contributed by atoms with Gasteiger partial charge in [-0.05, 0) is 36.4 Å². The standard InChI is InChI=1S/C17H18N4O2/c18-9-17(10-22-11-17)12-23-14-3-1-13(2-4-14)15-5-6-16-19-7-8-21(16)20-15/h1-8H,9-12,18H2. The predicted molar refractivity (Wildman–Crippen MR) is 86.2 cm³/mol. The fraction of sp³-hybridized carbons (Fsp3) is 0.294. The van der Waals surface area contributed by atoms with Gasteiger partial charge < -0.3 is 15.2 Å². The molecule has 118 valence electrons. The fourth-order valence-electron chi connectivity index (χ4n) is 2.58. The monoisotopic (exact) mass is 310 g/mol. The summed E-state index contributed by atoms with van der Waals surface area (Å²) >= 11 is 0. The molecule has 1 aromatic carbocycles. The third-order valence-electron chi connectivity index (χ3n) is 4.20. The van der Waals surface area contributed by atoms with E-state index >= 15 is 0 Å². The van der Waals surface area contributed by atoms with Gasteiger partial charge in [-0.15, -0.1) is 0 Å². The van der Waals surface area contributed by atoms with Crippen LogP contribution in [0.3, 0.4) is 0 Å². The van der Waals surface area contributed by atoms with E-state index < -0.39 is 0 Å². The van der Waals surface area contributed by atoms with Gasteiger partial charge in [0, 0.05) is 24.5 Å². The van der Waals surface area contributed by atoms with Crippen LogP contribution in [0.2, 0.25) is 0 Å². The molecule has 2 N–H and O–H groups in total. The van der Waals surface area contributed by atoms with Crippen LogP contribution in [-0.4, -0.2) is 41.0 Å². The zero-order valence-corrected chi connectivity index (χ0v) is 12.7. The van der Waals surface area contributed by atoms with Crippen LogP contribution in [0.4, 0.5) is 0 Å². The molecule has 0 saturated carbocycles. The molecule has 1 fully saturated rings. The third kappa shape index (κ3) is 2.67. The first-order valence-electron chi connectivity index (χ1n) is 7.60. The van der Waals surface area contributed by atoms with E-state index in [0.717, 1.165) is 22.7 Å². The number of rotatable bonds is 5. The SMILES string of the molecule is NCC1(COc2ccc(-c3ccc4nccn4n3)cc2)COC1. The molecule has 0 atom stereocenters. The molecular formula is C17H18N4O2. The fourth-order valence-corrected chi connectivity index (χ4v) is 2.58. The van der Waals surface area contributed by atoms with Crippen molar-refractivity contribution in [2.24, 2.45) is 11.1 Å². The molecule has 0 radical (unpaired) electrons. The number of aromatic nitrogens is 3. The molecule has 3 aromatic rings. The number of ether oxygens (including phenoxy) is 2. The zero-order chi connectivity index (χ0) is 15.7. The molecular weight excluding hydrogens is 292 g/mol. The minimum absolute atomic E-state index is 0.0211. The molecule has 0 bridgehead atoms. The molecule has 0 aliphatic carbocycles. The summed E-state index contributed by atoms with van der Waals surface area (Å²) in [5, 5.41) is 4.54. The minimum atomic E-state index is -0.0211. The second kappa shape index (κ2) is 5.64. The van der Waals surface area contributed by atoms with Gasteiger partial charge in [-0.1, -0.05) is 0 Å². The van der Waals surface area contributed by atoms with Crippen molar-refractivity contribution >= 4 is 5.65 Å². The molecule has 2 aromatic heterocycles. The van der Waals surface area contributed by atoms with Crippen LogP contribution < -0.4 is 10.5 Å². The van der Waals surface area contributed by atoms with E-state index in [-0.39, 0.29) is 5.41 Å². The molecule has 3 heterocycles. The highest BCUT2D eigenvalue weighted by atomic mass is 16.5. The topological polar surface area (TPSA) is 74.7 Å². The van der Waals surface area contributed by atoms with Gasteiger partial charge in [0.05, 0.1) is 30.9 Å². The van der Waals surface area contributed by atoms with Gasteiger partial charge in [0.25, 0.3) is 0 Å². The van der Waals surface area contributed by atoms with Crippen molar-refractivity contribution in [3.63, 3.8) is 0 Å². The van der Waals surface area contributed by atoms with E-state index in [1.54, 1.807) is 10.7 Å². The van der Waals surface area contributed by atoms with Crippen LogP contribution in [0, 0.1) is 5.41 Å². The number of imidazole rings is 1. The minimum Gasteiger partial charge on any atom is -0.493 e. The van der Waals surface area contributed by atoms with Crippen LogP contribution in [-0.2, 0) is 4.74 Å². The van der Waals surface area contributed by atoms with E-state index in [1.807, 2.05) is 42.6 Å². The molecule has 1 aliphatic rings. The van der Waals surface area contributed by atoms with Crippen LogP contribution in [0.5, 0.6) is 5.75 Å². The molecule has 0 amide bonds. The normalized spacial score (nSPS) is 16.2. The van der Waals surface area contributed by atoms with E-state index in [9.17, 15) is 0 Å². The summed E-state index contributed by atoms with van der Waals surface area (Å²) in [4.78, 5) is 4.20. The van der Waals surface area contributed by atoms with Gasteiger partial charge in [0.2, 0.25) is 0 Å². The average Bonchev–Trinajstić information content (AvgIpc) is 3.02. The lowest BCUT2D eigenvalue weighted by atomic mass is 9.87. The number of benzene rings is 1. The summed E-state index contributed by atoms with van der Waals surface area (Å²) in [6.45, 7) is 2.52. The average molecular weight is 310 g/mol. The Bertz CT molecular complexity index is 803. The molecule has 4 rings (SSSR count). The third-order valence-corrected chi connectivity index (χ3v) is 4.20. The smallest absolute Gasteiger partial charge is 0.153 e. The van der Waals surface area contributed by atoms with Gasteiger partial charge in [-0.2, -0.15) is 5.10 Å². The Morgan fingerprint density at radius 3 is 2.70 bits per heavy atom. The second-order valence-electron chi connectivity index (χ2n) is 5.96. The first-order valence-corrected chi connectivity index (χ1v) is 7.60. The maximum Gasteiger partial charge on any atom is 0.153 e. The van der Waals surface area contributed by atoms with E-state index in [0.29, 0.717) is 26.4 Å². The highest BCUT2D eigenvalue weighted by Crippen LogP contribution is 2.28. The Kier molecular flexibility index (Phi) is 3.48. The molecule has 0 spiro atoms. The van der Waals surface area contributed by atoms with Crippen molar-refractivity contribution in [2.75, 3.05) is 26.4 Å². The van der Waals surface area contributed by atoms with Gasteiger partial charge in [-0.25, -0.2) is 9.50 Å². The van der Waals surface area contributed by atoms with Crippen LogP contribution in [0.1, 0.15) is 0 Å². The molecule has 23 heavy (non-hydrogen) atoms. The Balaban J connectivity index is 1.48. The molecule has 0 unspecified atom stereocenters.